The molecule has 96 valence electrons. The van der Waals surface area contributed by atoms with Crippen LogP contribution in [-0.2, 0) is 9.47 Å². The molecule has 3 nitrogen and oxygen atoms in total. The Hall–Kier alpha value is 0.170. The molecule has 0 aliphatic carbocycles. The molecule has 2 fully saturated rings. The zero-order chi connectivity index (χ0) is 10.9. The minimum atomic E-state index is -0.171. The van der Waals surface area contributed by atoms with Crippen LogP contribution in [0.15, 0.2) is 0 Å². The molecule has 2 saturated heterocycles. The van der Waals surface area contributed by atoms with E-state index in [2.05, 4.69) is 26.1 Å². The Morgan fingerprint density at radius 2 is 2.00 bits per heavy atom. The van der Waals surface area contributed by atoms with Crippen LogP contribution in [0.1, 0.15) is 33.6 Å². The van der Waals surface area contributed by atoms with E-state index in [1.165, 1.54) is 6.42 Å². The van der Waals surface area contributed by atoms with E-state index in [9.17, 15) is 0 Å². The van der Waals surface area contributed by atoms with Gasteiger partial charge in [0.25, 0.3) is 0 Å². The van der Waals surface area contributed by atoms with Crippen LogP contribution >= 0.6 is 12.4 Å². The lowest BCUT2D eigenvalue weighted by Gasteiger charge is -2.47. The number of halogens is 1. The van der Waals surface area contributed by atoms with Crippen molar-refractivity contribution in [2.24, 2.45) is 11.3 Å². The van der Waals surface area contributed by atoms with Crippen molar-refractivity contribution >= 4 is 12.4 Å². The fraction of sp³-hybridized carbons (Fsp3) is 1.00. The van der Waals surface area contributed by atoms with Crippen LogP contribution in [0.2, 0.25) is 0 Å². The monoisotopic (exact) mass is 249 g/mol. The lowest BCUT2D eigenvalue weighted by Crippen LogP contribution is -2.60. The van der Waals surface area contributed by atoms with Crippen molar-refractivity contribution in [3.05, 3.63) is 0 Å². The second kappa shape index (κ2) is 5.21. The average Bonchev–Trinajstić information content (AvgIpc) is 2.24. The lowest BCUT2D eigenvalue weighted by atomic mass is 9.86. The van der Waals surface area contributed by atoms with E-state index in [1.54, 1.807) is 0 Å². The molecule has 4 heteroatoms. The van der Waals surface area contributed by atoms with E-state index in [1.807, 2.05) is 0 Å². The Bertz CT molecular complexity index is 217. The summed E-state index contributed by atoms with van der Waals surface area (Å²) >= 11 is 0. The molecule has 2 aliphatic rings. The zero-order valence-electron chi connectivity index (χ0n) is 10.5. The third kappa shape index (κ3) is 3.10. The van der Waals surface area contributed by atoms with Gasteiger partial charge in [0.15, 0.2) is 0 Å². The third-order valence-corrected chi connectivity index (χ3v) is 3.62. The Morgan fingerprint density at radius 3 is 2.50 bits per heavy atom. The van der Waals surface area contributed by atoms with Crippen molar-refractivity contribution < 1.29 is 9.47 Å². The van der Waals surface area contributed by atoms with Crippen LogP contribution in [-0.4, -0.2) is 32.1 Å². The topological polar surface area (TPSA) is 30.5 Å². The fourth-order valence-electron chi connectivity index (χ4n) is 2.30. The summed E-state index contributed by atoms with van der Waals surface area (Å²) in [7, 11) is 0. The van der Waals surface area contributed by atoms with Crippen LogP contribution in [0.3, 0.4) is 0 Å². The summed E-state index contributed by atoms with van der Waals surface area (Å²) in [5.41, 5.74) is 0.0883. The first-order chi connectivity index (χ1) is 7.02. The first-order valence-corrected chi connectivity index (χ1v) is 5.99. The van der Waals surface area contributed by atoms with Gasteiger partial charge >= 0.3 is 0 Å². The van der Waals surface area contributed by atoms with Crippen LogP contribution in [0.25, 0.3) is 0 Å². The summed E-state index contributed by atoms with van der Waals surface area (Å²) in [5, 5.41) is 3.55. The van der Waals surface area contributed by atoms with Gasteiger partial charge in [0.05, 0.1) is 13.2 Å². The van der Waals surface area contributed by atoms with Gasteiger partial charge in [-0.3, -0.25) is 5.32 Å². The number of ether oxygens (including phenoxy) is 2. The molecular formula is C12H24ClNO2. The Kier molecular flexibility index (Phi) is 4.64. The van der Waals surface area contributed by atoms with Crippen molar-refractivity contribution in [1.82, 2.24) is 5.32 Å². The molecule has 1 N–H and O–H groups in total. The van der Waals surface area contributed by atoms with Gasteiger partial charge in [-0.05, 0) is 19.8 Å². The molecule has 0 aromatic heterocycles. The first-order valence-electron chi connectivity index (χ1n) is 5.99. The summed E-state index contributed by atoms with van der Waals surface area (Å²) in [6.07, 6.45) is 2.37. The minimum Gasteiger partial charge on any atom is -0.381 e. The lowest BCUT2D eigenvalue weighted by molar-refractivity contribution is -0.177. The second-order valence-electron chi connectivity index (χ2n) is 5.83. The van der Waals surface area contributed by atoms with Gasteiger partial charge in [0.2, 0.25) is 0 Å². The smallest absolute Gasteiger partial charge is 0.121 e. The standard InChI is InChI=1S/C12H23NO2.ClH/c1-11(2)8-13-12(3,15-9-11)10-5-4-6-14-7-10;/h10,13H,4-9H2,1-3H3;1H. The van der Waals surface area contributed by atoms with Crippen molar-refractivity contribution in [3.8, 4) is 0 Å². The quantitative estimate of drug-likeness (QED) is 0.773. The molecule has 0 aromatic rings. The summed E-state index contributed by atoms with van der Waals surface area (Å²) in [5.74, 6) is 0.502. The Morgan fingerprint density at radius 1 is 1.25 bits per heavy atom. The van der Waals surface area contributed by atoms with Crippen LogP contribution in [0.4, 0.5) is 0 Å². The number of hydrogen-bond acceptors (Lipinski definition) is 3. The Balaban J connectivity index is 0.00000128. The molecule has 2 atom stereocenters. The molecule has 2 unspecified atom stereocenters. The summed E-state index contributed by atoms with van der Waals surface area (Å²) in [6, 6.07) is 0. The van der Waals surface area contributed by atoms with Crippen molar-refractivity contribution in [3.63, 3.8) is 0 Å². The molecule has 0 saturated carbocycles. The van der Waals surface area contributed by atoms with Crippen molar-refractivity contribution in [2.45, 2.75) is 39.3 Å². The van der Waals surface area contributed by atoms with Gasteiger partial charge < -0.3 is 9.47 Å². The predicted molar refractivity (Wildman–Crippen MR) is 66.9 cm³/mol. The maximum atomic E-state index is 6.03. The number of hydrogen-bond donors (Lipinski definition) is 1. The van der Waals surface area contributed by atoms with Crippen molar-refractivity contribution in [2.75, 3.05) is 26.4 Å². The van der Waals surface area contributed by atoms with Gasteiger partial charge in [-0.1, -0.05) is 13.8 Å². The molecule has 0 bridgehead atoms. The Labute approximate surface area is 105 Å². The molecule has 2 aliphatic heterocycles. The van der Waals surface area contributed by atoms with Crippen LogP contribution in [0, 0.1) is 11.3 Å². The van der Waals surface area contributed by atoms with E-state index in [-0.39, 0.29) is 23.5 Å². The maximum Gasteiger partial charge on any atom is 0.121 e. The summed E-state index contributed by atoms with van der Waals surface area (Å²) < 4.78 is 11.6. The molecule has 2 rings (SSSR count). The highest BCUT2D eigenvalue weighted by molar-refractivity contribution is 5.85. The normalized spacial score (nSPS) is 38.8. The molecule has 16 heavy (non-hydrogen) atoms. The molecule has 0 amide bonds. The van der Waals surface area contributed by atoms with E-state index in [0.717, 1.165) is 32.8 Å². The van der Waals surface area contributed by atoms with Gasteiger partial charge in [0, 0.05) is 24.5 Å². The SMILES string of the molecule is CC1(C)CNC(C)(C2CCCOC2)OC1.Cl. The number of nitrogens with one attached hydrogen (secondary N) is 1. The first kappa shape index (κ1) is 14.2. The van der Waals surface area contributed by atoms with Gasteiger partial charge in [-0.15, -0.1) is 12.4 Å². The largest absolute Gasteiger partial charge is 0.381 e. The summed E-state index contributed by atoms with van der Waals surface area (Å²) in [6.45, 7) is 10.3. The van der Waals surface area contributed by atoms with E-state index in [4.69, 9.17) is 9.47 Å². The molecule has 0 spiro atoms. The minimum absolute atomic E-state index is 0. The molecular weight excluding hydrogens is 226 g/mol. The fourth-order valence-corrected chi connectivity index (χ4v) is 2.30. The second-order valence-corrected chi connectivity index (χ2v) is 5.83. The zero-order valence-corrected chi connectivity index (χ0v) is 11.4. The molecule has 0 aromatic carbocycles. The van der Waals surface area contributed by atoms with Crippen LogP contribution < -0.4 is 5.32 Å². The highest BCUT2D eigenvalue weighted by Crippen LogP contribution is 2.33. The van der Waals surface area contributed by atoms with E-state index in [0.29, 0.717) is 5.92 Å². The molecule has 0 radical (unpaired) electrons. The van der Waals surface area contributed by atoms with Gasteiger partial charge in [-0.2, -0.15) is 0 Å². The molecule has 2 heterocycles. The summed E-state index contributed by atoms with van der Waals surface area (Å²) in [4.78, 5) is 0. The highest BCUT2D eigenvalue weighted by Gasteiger charge is 2.41. The predicted octanol–water partition coefficient (Wildman–Crippen LogP) is 2.20. The van der Waals surface area contributed by atoms with E-state index < -0.39 is 0 Å². The van der Waals surface area contributed by atoms with Gasteiger partial charge in [0.1, 0.15) is 5.72 Å². The van der Waals surface area contributed by atoms with Gasteiger partial charge in [-0.25, -0.2) is 0 Å². The number of rotatable bonds is 1. The maximum absolute atomic E-state index is 6.03. The van der Waals surface area contributed by atoms with Crippen molar-refractivity contribution in [1.29, 1.82) is 0 Å². The highest BCUT2D eigenvalue weighted by atomic mass is 35.5. The van der Waals surface area contributed by atoms with E-state index >= 15 is 0 Å². The van der Waals surface area contributed by atoms with Crippen LogP contribution in [0.5, 0.6) is 0 Å². The average molecular weight is 250 g/mol. The third-order valence-electron chi connectivity index (χ3n) is 3.62.